The summed E-state index contributed by atoms with van der Waals surface area (Å²) in [5, 5.41) is 0. The Balaban J connectivity index is 0.000000576. The molecule has 0 heterocycles. The van der Waals surface area contributed by atoms with Crippen LogP contribution in [0.2, 0.25) is 0 Å². The summed E-state index contributed by atoms with van der Waals surface area (Å²) < 4.78 is 0.0833. The molecule has 4 heteroatoms. The SMILES string of the molecule is NC(=S)[S-].[K+].c1ccc(CCc2ccccc2)cc1. The van der Waals surface area contributed by atoms with Gasteiger partial charge in [0.15, 0.2) is 0 Å². The minimum absolute atomic E-state index is 0. The first-order valence-electron chi connectivity index (χ1n) is 5.73. The van der Waals surface area contributed by atoms with Crippen molar-refractivity contribution in [1.82, 2.24) is 0 Å². The van der Waals surface area contributed by atoms with E-state index in [4.69, 9.17) is 0 Å². The largest absolute Gasteiger partial charge is 1.00 e. The molecule has 94 valence electrons. The molecule has 0 fully saturated rings. The fourth-order valence-electron chi connectivity index (χ4n) is 1.58. The van der Waals surface area contributed by atoms with Crippen LogP contribution in [-0.4, -0.2) is 4.32 Å². The summed E-state index contributed by atoms with van der Waals surface area (Å²) in [6.45, 7) is 0. The predicted molar refractivity (Wildman–Crippen MR) is 84.4 cm³/mol. The summed E-state index contributed by atoms with van der Waals surface area (Å²) in [6.07, 6.45) is 2.26. The van der Waals surface area contributed by atoms with Gasteiger partial charge in [0.2, 0.25) is 0 Å². The normalized spacial score (nSPS) is 8.63. The molecule has 0 radical (unpaired) electrons. The van der Waals surface area contributed by atoms with Crippen molar-refractivity contribution in [2.24, 2.45) is 5.73 Å². The van der Waals surface area contributed by atoms with Gasteiger partial charge in [-0.1, -0.05) is 65.0 Å². The van der Waals surface area contributed by atoms with Crippen LogP contribution < -0.4 is 57.1 Å². The second kappa shape index (κ2) is 12.0. The van der Waals surface area contributed by atoms with Gasteiger partial charge < -0.3 is 30.6 Å². The van der Waals surface area contributed by atoms with Crippen molar-refractivity contribution in [3.63, 3.8) is 0 Å². The second-order valence-corrected chi connectivity index (χ2v) is 4.93. The number of hydrogen-bond donors (Lipinski definition) is 1. The van der Waals surface area contributed by atoms with Crippen molar-refractivity contribution < 1.29 is 51.4 Å². The zero-order chi connectivity index (χ0) is 13.2. The smallest absolute Gasteiger partial charge is 0.415 e. The van der Waals surface area contributed by atoms with E-state index in [2.05, 4.69) is 91.2 Å². The number of benzene rings is 2. The fourth-order valence-corrected chi connectivity index (χ4v) is 1.58. The monoisotopic (exact) mass is 313 g/mol. The van der Waals surface area contributed by atoms with E-state index in [1.165, 1.54) is 11.1 Å². The molecule has 2 aromatic rings. The molecule has 2 rings (SSSR count). The molecule has 1 nitrogen and oxygen atoms in total. The van der Waals surface area contributed by atoms with Crippen molar-refractivity contribution in [3.8, 4) is 0 Å². The van der Waals surface area contributed by atoms with E-state index in [0.717, 1.165) is 12.8 Å². The molecule has 0 bridgehead atoms. The van der Waals surface area contributed by atoms with Gasteiger partial charge in [-0.3, -0.25) is 0 Å². The first kappa shape index (κ1) is 19.2. The van der Waals surface area contributed by atoms with Crippen molar-refractivity contribution in [2.45, 2.75) is 12.8 Å². The Morgan fingerprint density at radius 3 is 1.37 bits per heavy atom. The van der Waals surface area contributed by atoms with Crippen LogP contribution in [0.5, 0.6) is 0 Å². The van der Waals surface area contributed by atoms with Crippen LogP contribution in [0.1, 0.15) is 11.1 Å². The molecule has 0 aliphatic rings. The van der Waals surface area contributed by atoms with Crippen LogP contribution in [0, 0.1) is 0 Å². The van der Waals surface area contributed by atoms with E-state index in [1.54, 1.807) is 0 Å². The zero-order valence-corrected chi connectivity index (χ0v) is 15.8. The molecular formula is C15H16KNS2. The molecule has 0 atom stereocenters. The van der Waals surface area contributed by atoms with E-state index in [-0.39, 0.29) is 55.7 Å². The van der Waals surface area contributed by atoms with Crippen molar-refractivity contribution in [2.75, 3.05) is 0 Å². The summed E-state index contributed by atoms with van der Waals surface area (Å²) in [7, 11) is 0. The maximum absolute atomic E-state index is 4.66. The molecule has 0 aromatic heterocycles. The minimum Gasteiger partial charge on any atom is -0.415 e. The fraction of sp³-hybridized carbons (Fsp3) is 0.133. The van der Waals surface area contributed by atoms with E-state index < -0.39 is 0 Å². The first-order valence-corrected chi connectivity index (χ1v) is 6.54. The molecule has 0 saturated carbocycles. The van der Waals surface area contributed by atoms with Gasteiger partial charge in [0.25, 0.3) is 0 Å². The molecule has 0 aliphatic heterocycles. The van der Waals surface area contributed by atoms with Crippen molar-refractivity contribution in [1.29, 1.82) is 0 Å². The van der Waals surface area contributed by atoms with Gasteiger partial charge in [-0.05, 0) is 24.0 Å². The third-order valence-corrected chi connectivity index (χ3v) is 2.39. The van der Waals surface area contributed by atoms with Crippen LogP contribution in [0.3, 0.4) is 0 Å². The molecule has 0 spiro atoms. The number of hydrogen-bond acceptors (Lipinski definition) is 2. The number of aryl methyl sites for hydroxylation is 2. The second-order valence-electron chi connectivity index (χ2n) is 3.79. The summed E-state index contributed by atoms with van der Waals surface area (Å²) in [6, 6.07) is 21.2. The van der Waals surface area contributed by atoms with Gasteiger partial charge in [0.05, 0.1) is 0 Å². The predicted octanol–water partition coefficient (Wildman–Crippen LogP) is 0.253. The Hall–Kier alpha value is 0.186. The van der Waals surface area contributed by atoms with Gasteiger partial charge in [0.1, 0.15) is 0 Å². The van der Waals surface area contributed by atoms with E-state index in [9.17, 15) is 0 Å². The van der Waals surface area contributed by atoms with Crippen LogP contribution in [-0.2, 0) is 25.5 Å². The van der Waals surface area contributed by atoms with Crippen LogP contribution in [0.25, 0.3) is 0 Å². The van der Waals surface area contributed by atoms with E-state index in [1.807, 2.05) is 0 Å². The third kappa shape index (κ3) is 10.6. The number of thiocarbonyl (C=S) groups is 1. The van der Waals surface area contributed by atoms with Crippen LogP contribution >= 0.6 is 12.2 Å². The molecule has 0 amide bonds. The third-order valence-electron chi connectivity index (χ3n) is 2.39. The van der Waals surface area contributed by atoms with Gasteiger partial charge >= 0.3 is 51.4 Å². The average molecular weight is 314 g/mol. The summed E-state index contributed by atoms with van der Waals surface area (Å²) >= 11 is 8.26. The standard InChI is InChI=1S/C14H14.CH3NS2.K/c1-3-7-13(8-4-1)11-12-14-9-5-2-6-10-14;2-1(3)4;/h1-10H,11-12H2;(H3,2,3,4);/q;;+1/p-1. The Morgan fingerprint density at radius 2 is 1.11 bits per heavy atom. The Labute approximate surface area is 168 Å². The van der Waals surface area contributed by atoms with Gasteiger partial charge in [-0.2, -0.15) is 0 Å². The van der Waals surface area contributed by atoms with Crippen molar-refractivity contribution in [3.05, 3.63) is 71.8 Å². The molecule has 2 N–H and O–H groups in total. The minimum atomic E-state index is 0. The zero-order valence-electron chi connectivity index (χ0n) is 11.1. The Morgan fingerprint density at radius 1 is 0.842 bits per heavy atom. The maximum Gasteiger partial charge on any atom is 1.00 e. The molecular weight excluding hydrogens is 297 g/mol. The average Bonchev–Trinajstić information content (AvgIpc) is 2.38. The molecule has 0 aliphatic carbocycles. The Kier molecular flexibility index (Phi) is 12.1. The van der Waals surface area contributed by atoms with E-state index >= 15 is 0 Å². The number of nitrogens with two attached hydrogens (primary N) is 1. The quantitative estimate of drug-likeness (QED) is 0.500. The molecule has 2 aromatic carbocycles. The number of rotatable bonds is 3. The maximum atomic E-state index is 4.66. The Bertz CT molecular complexity index is 417. The van der Waals surface area contributed by atoms with Crippen LogP contribution in [0.15, 0.2) is 60.7 Å². The molecule has 19 heavy (non-hydrogen) atoms. The molecule has 0 unspecified atom stereocenters. The van der Waals surface area contributed by atoms with E-state index in [0.29, 0.717) is 0 Å². The molecule has 0 saturated heterocycles. The first-order chi connectivity index (χ1) is 8.68. The summed E-state index contributed by atoms with van der Waals surface area (Å²) in [5.74, 6) is 0. The summed E-state index contributed by atoms with van der Waals surface area (Å²) in [4.78, 5) is 0. The van der Waals surface area contributed by atoms with Gasteiger partial charge in [0, 0.05) is 0 Å². The van der Waals surface area contributed by atoms with Gasteiger partial charge in [-0.25, -0.2) is 0 Å². The van der Waals surface area contributed by atoms with Gasteiger partial charge in [-0.15, -0.1) is 0 Å². The topological polar surface area (TPSA) is 26.0 Å². The van der Waals surface area contributed by atoms with Crippen LogP contribution in [0.4, 0.5) is 0 Å². The van der Waals surface area contributed by atoms with Crippen molar-refractivity contribution >= 4 is 29.2 Å². The summed E-state index contributed by atoms with van der Waals surface area (Å²) in [5.41, 5.74) is 7.48.